The van der Waals surface area contributed by atoms with Crippen molar-refractivity contribution in [2.45, 2.75) is 40.0 Å². The Morgan fingerprint density at radius 2 is 2.05 bits per heavy atom. The molecule has 0 fully saturated rings. The zero-order valence-corrected chi connectivity index (χ0v) is 13.9. The lowest BCUT2D eigenvalue weighted by atomic mass is 10.2. The third-order valence-electron chi connectivity index (χ3n) is 2.51. The van der Waals surface area contributed by atoms with Gasteiger partial charge in [-0.15, -0.1) is 10.2 Å². The molecule has 0 radical (unpaired) electrons. The molecule has 1 amide bonds. The minimum Gasteiger partial charge on any atom is -0.379 e. The van der Waals surface area contributed by atoms with E-state index in [4.69, 9.17) is 9.47 Å². The largest absolute Gasteiger partial charge is 0.379 e. The van der Waals surface area contributed by atoms with Crippen LogP contribution in [0.4, 0.5) is 5.13 Å². The number of aromatic nitrogens is 2. The number of unbranched alkanes of at least 4 members (excludes halogenated alkanes) is 1. The summed E-state index contributed by atoms with van der Waals surface area (Å²) < 4.78 is 10.6. The molecule has 0 aliphatic carbocycles. The van der Waals surface area contributed by atoms with Gasteiger partial charge in [-0.1, -0.05) is 38.5 Å². The van der Waals surface area contributed by atoms with Crippen LogP contribution in [0.25, 0.3) is 0 Å². The summed E-state index contributed by atoms with van der Waals surface area (Å²) in [6.45, 7) is 7.95. The van der Waals surface area contributed by atoms with Crippen LogP contribution < -0.4 is 5.32 Å². The van der Waals surface area contributed by atoms with E-state index in [2.05, 4.69) is 36.3 Å². The van der Waals surface area contributed by atoms with E-state index in [1.807, 2.05) is 0 Å². The molecule has 0 spiro atoms. The Bertz CT molecular complexity index is 410. The molecule has 7 heteroatoms. The van der Waals surface area contributed by atoms with Crippen LogP contribution in [-0.4, -0.2) is 42.5 Å². The molecule has 0 aliphatic heterocycles. The van der Waals surface area contributed by atoms with Gasteiger partial charge in [0.2, 0.25) is 5.13 Å². The second-order valence-electron chi connectivity index (χ2n) is 5.17. The fourth-order valence-corrected chi connectivity index (χ4v) is 2.29. The standard InChI is InChI=1S/C14H25N3O3S/c1-4-5-6-13-16-17-14(21-13)15-12(18)10-20-8-7-19-9-11(2)3/h11H,4-10H2,1-3H3,(H,15,17,18). The van der Waals surface area contributed by atoms with Crippen molar-refractivity contribution in [3.63, 3.8) is 0 Å². The lowest BCUT2D eigenvalue weighted by molar-refractivity contribution is -0.121. The van der Waals surface area contributed by atoms with Crippen LogP contribution in [0.3, 0.4) is 0 Å². The minimum absolute atomic E-state index is 0.00884. The van der Waals surface area contributed by atoms with Crippen molar-refractivity contribution in [3.8, 4) is 0 Å². The molecule has 21 heavy (non-hydrogen) atoms. The fourth-order valence-electron chi connectivity index (χ4n) is 1.49. The maximum Gasteiger partial charge on any atom is 0.252 e. The number of aryl methyl sites for hydroxylation is 1. The quantitative estimate of drug-likeness (QED) is 0.635. The maximum atomic E-state index is 11.6. The van der Waals surface area contributed by atoms with E-state index in [9.17, 15) is 4.79 Å². The van der Waals surface area contributed by atoms with E-state index < -0.39 is 0 Å². The molecule has 0 saturated carbocycles. The van der Waals surface area contributed by atoms with E-state index in [1.54, 1.807) is 0 Å². The van der Waals surface area contributed by atoms with Crippen LogP contribution >= 0.6 is 11.3 Å². The molecule has 0 saturated heterocycles. The highest BCUT2D eigenvalue weighted by molar-refractivity contribution is 7.15. The zero-order valence-electron chi connectivity index (χ0n) is 13.1. The SMILES string of the molecule is CCCCc1nnc(NC(=O)COCCOCC(C)C)s1. The monoisotopic (exact) mass is 315 g/mol. The topological polar surface area (TPSA) is 73.3 Å². The van der Waals surface area contributed by atoms with Gasteiger partial charge in [-0.25, -0.2) is 0 Å². The molecular weight excluding hydrogens is 290 g/mol. The Hall–Kier alpha value is -1.05. The molecule has 1 N–H and O–H groups in total. The molecule has 0 atom stereocenters. The number of ether oxygens (including phenoxy) is 2. The first kappa shape index (κ1) is 18.0. The predicted molar refractivity (Wildman–Crippen MR) is 83.6 cm³/mol. The first-order chi connectivity index (χ1) is 10.1. The average Bonchev–Trinajstić information content (AvgIpc) is 2.87. The van der Waals surface area contributed by atoms with Gasteiger partial charge in [-0.05, 0) is 12.3 Å². The van der Waals surface area contributed by atoms with Crippen LogP contribution in [0.5, 0.6) is 0 Å². The van der Waals surface area contributed by atoms with Gasteiger partial charge >= 0.3 is 0 Å². The van der Waals surface area contributed by atoms with Crippen LogP contribution in [0, 0.1) is 5.92 Å². The van der Waals surface area contributed by atoms with Gasteiger partial charge in [0.05, 0.1) is 13.2 Å². The first-order valence-electron chi connectivity index (χ1n) is 7.39. The van der Waals surface area contributed by atoms with Gasteiger partial charge in [-0.2, -0.15) is 0 Å². The van der Waals surface area contributed by atoms with Gasteiger partial charge in [-0.3, -0.25) is 10.1 Å². The molecule has 0 aliphatic rings. The van der Waals surface area contributed by atoms with Gasteiger partial charge in [0.1, 0.15) is 11.6 Å². The minimum atomic E-state index is -0.211. The van der Waals surface area contributed by atoms with Crippen molar-refractivity contribution in [2.75, 3.05) is 31.7 Å². The van der Waals surface area contributed by atoms with Crippen LogP contribution in [0.2, 0.25) is 0 Å². The first-order valence-corrected chi connectivity index (χ1v) is 8.21. The summed E-state index contributed by atoms with van der Waals surface area (Å²) in [5, 5.41) is 12.2. The highest BCUT2D eigenvalue weighted by Crippen LogP contribution is 2.16. The fraction of sp³-hybridized carbons (Fsp3) is 0.786. The summed E-state index contributed by atoms with van der Waals surface area (Å²) in [5.74, 6) is 0.296. The highest BCUT2D eigenvalue weighted by atomic mass is 32.1. The summed E-state index contributed by atoms with van der Waals surface area (Å²) in [6, 6.07) is 0. The molecule has 1 aromatic rings. The highest BCUT2D eigenvalue weighted by Gasteiger charge is 2.08. The van der Waals surface area contributed by atoms with E-state index >= 15 is 0 Å². The molecule has 1 rings (SSSR count). The molecular formula is C14H25N3O3S. The lowest BCUT2D eigenvalue weighted by Gasteiger charge is -2.07. The third kappa shape index (κ3) is 8.75. The Labute approximate surface area is 130 Å². The summed E-state index contributed by atoms with van der Waals surface area (Å²) in [7, 11) is 0. The van der Waals surface area contributed by atoms with Crippen molar-refractivity contribution >= 4 is 22.4 Å². The Kier molecular flexibility index (Phi) is 9.12. The summed E-state index contributed by atoms with van der Waals surface area (Å²) in [6.07, 6.45) is 3.11. The smallest absolute Gasteiger partial charge is 0.252 e. The number of nitrogens with one attached hydrogen (secondary N) is 1. The van der Waals surface area contributed by atoms with Crippen molar-refractivity contribution < 1.29 is 14.3 Å². The molecule has 0 bridgehead atoms. The van der Waals surface area contributed by atoms with Crippen LogP contribution in [-0.2, 0) is 20.7 Å². The van der Waals surface area contributed by atoms with Crippen molar-refractivity contribution in [3.05, 3.63) is 5.01 Å². The third-order valence-corrected chi connectivity index (χ3v) is 3.41. The van der Waals surface area contributed by atoms with Crippen LogP contribution in [0.1, 0.15) is 38.6 Å². The number of nitrogens with zero attached hydrogens (tertiary/aromatic N) is 2. The number of anilines is 1. The maximum absolute atomic E-state index is 11.6. The van der Waals surface area contributed by atoms with Gasteiger partial charge in [0, 0.05) is 13.0 Å². The average molecular weight is 315 g/mol. The summed E-state index contributed by atoms with van der Waals surface area (Å²) >= 11 is 1.42. The van der Waals surface area contributed by atoms with Gasteiger partial charge in [0.25, 0.3) is 5.91 Å². The Balaban J connectivity index is 2.11. The van der Waals surface area contributed by atoms with E-state index in [1.165, 1.54) is 11.3 Å². The number of rotatable bonds is 11. The molecule has 0 unspecified atom stereocenters. The Morgan fingerprint density at radius 1 is 1.29 bits per heavy atom. The Morgan fingerprint density at radius 3 is 2.76 bits per heavy atom. The van der Waals surface area contributed by atoms with Crippen LogP contribution in [0.15, 0.2) is 0 Å². The second-order valence-corrected chi connectivity index (χ2v) is 6.24. The molecule has 120 valence electrons. The lowest BCUT2D eigenvalue weighted by Crippen LogP contribution is -2.20. The number of amides is 1. The molecule has 1 aromatic heterocycles. The molecule has 1 heterocycles. The normalized spacial score (nSPS) is 11.0. The summed E-state index contributed by atoms with van der Waals surface area (Å²) in [4.78, 5) is 11.6. The number of carbonyl (C=O) groups excluding carboxylic acids is 1. The van der Waals surface area contributed by atoms with E-state index in [-0.39, 0.29) is 12.5 Å². The number of hydrogen-bond acceptors (Lipinski definition) is 6. The predicted octanol–water partition coefficient (Wildman–Crippen LogP) is 2.51. The van der Waals surface area contributed by atoms with Gasteiger partial charge in [0.15, 0.2) is 0 Å². The molecule has 6 nitrogen and oxygen atoms in total. The van der Waals surface area contributed by atoms with E-state index in [0.29, 0.717) is 30.9 Å². The summed E-state index contributed by atoms with van der Waals surface area (Å²) in [5.41, 5.74) is 0. The van der Waals surface area contributed by atoms with Gasteiger partial charge < -0.3 is 9.47 Å². The van der Waals surface area contributed by atoms with Crippen molar-refractivity contribution in [1.82, 2.24) is 10.2 Å². The second kappa shape index (κ2) is 10.6. The van der Waals surface area contributed by atoms with Crippen molar-refractivity contribution in [1.29, 1.82) is 0 Å². The zero-order chi connectivity index (χ0) is 15.5. The van der Waals surface area contributed by atoms with Crippen molar-refractivity contribution in [2.24, 2.45) is 5.92 Å². The number of carbonyl (C=O) groups is 1. The van der Waals surface area contributed by atoms with E-state index in [0.717, 1.165) is 24.3 Å². The molecule has 0 aromatic carbocycles. The number of hydrogen-bond donors (Lipinski definition) is 1.